The molecule has 2 heterocycles. The fourth-order valence-corrected chi connectivity index (χ4v) is 2.63. The fourth-order valence-electron chi connectivity index (χ4n) is 2.63. The third-order valence-corrected chi connectivity index (χ3v) is 3.69. The second-order valence-corrected chi connectivity index (χ2v) is 5.03. The Kier molecular flexibility index (Phi) is 4.42. The van der Waals surface area contributed by atoms with Crippen molar-refractivity contribution in [1.29, 1.82) is 0 Å². The van der Waals surface area contributed by atoms with Gasteiger partial charge in [0.15, 0.2) is 0 Å². The van der Waals surface area contributed by atoms with Gasteiger partial charge in [0.2, 0.25) is 0 Å². The highest BCUT2D eigenvalue weighted by Crippen LogP contribution is 2.16. The lowest BCUT2D eigenvalue weighted by molar-refractivity contribution is 0.162. The standard InChI is InChI=1S/C12H24N2O/c13-12-10-15-9-11(12)8-14-6-4-2-1-3-5-7-14/h11-12H,1-10,13H2. The highest BCUT2D eigenvalue weighted by molar-refractivity contribution is 4.81. The Labute approximate surface area is 93.0 Å². The second kappa shape index (κ2) is 5.83. The van der Waals surface area contributed by atoms with Gasteiger partial charge in [-0.25, -0.2) is 0 Å². The first-order chi connectivity index (χ1) is 7.36. The van der Waals surface area contributed by atoms with Gasteiger partial charge in [-0.15, -0.1) is 0 Å². The van der Waals surface area contributed by atoms with Crippen LogP contribution in [0.15, 0.2) is 0 Å². The second-order valence-electron chi connectivity index (χ2n) is 5.03. The lowest BCUT2D eigenvalue weighted by atomic mass is 10.0. The summed E-state index contributed by atoms with van der Waals surface area (Å²) in [6.45, 7) is 5.32. The van der Waals surface area contributed by atoms with Crippen LogP contribution in [0.4, 0.5) is 0 Å². The van der Waals surface area contributed by atoms with Crippen molar-refractivity contribution in [2.45, 2.75) is 38.1 Å². The number of ether oxygens (including phenoxy) is 1. The molecule has 3 heteroatoms. The van der Waals surface area contributed by atoms with Gasteiger partial charge in [0.05, 0.1) is 13.2 Å². The summed E-state index contributed by atoms with van der Waals surface area (Å²) in [7, 11) is 0. The van der Waals surface area contributed by atoms with Gasteiger partial charge in [-0.05, 0) is 25.9 Å². The molecule has 2 rings (SSSR count). The van der Waals surface area contributed by atoms with E-state index in [4.69, 9.17) is 10.5 Å². The summed E-state index contributed by atoms with van der Waals surface area (Å²) in [5, 5.41) is 0. The van der Waals surface area contributed by atoms with E-state index in [9.17, 15) is 0 Å². The van der Waals surface area contributed by atoms with Gasteiger partial charge in [-0.2, -0.15) is 0 Å². The first kappa shape index (κ1) is 11.4. The number of nitrogens with zero attached hydrogens (tertiary/aromatic N) is 1. The van der Waals surface area contributed by atoms with Crippen LogP contribution in [0, 0.1) is 5.92 Å². The quantitative estimate of drug-likeness (QED) is 0.748. The number of rotatable bonds is 2. The minimum absolute atomic E-state index is 0.274. The monoisotopic (exact) mass is 212 g/mol. The summed E-state index contributed by atoms with van der Waals surface area (Å²) in [6.07, 6.45) is 6.97. The number of nitrogens with two attached hydrogens (primary N) is 1. The van der Waals surface area contributed by atoms with Gasteiger partial charge in [-0.1, -0.05) is 19.3 Å². The summed E-state index contributed by atoms with van der Waals surface area (Å²) in [4.78, 5) is 2.60. The molecule has 2 fully saturated rings. The van der Waals surface area contributed by atoms with Gasteiger partial charge in [0.1, 0.15) is 0 Å². The summed E-state index contributed by atoms with van der Waals surface area (Å²) < 4.78 is 5.42. The van der Waals surface area contributed by atoms with Crippen LogP contribution in [0.3, 0.4) is 0 Å². The molecule has 0 aromatic carbocycles. The SMILES string of the molecule is NC1COCC1CN1CCCCCCC1. The van der Waals surface area contributed by atoms with Crippen LogP contribution in [0.25, 0.3) is 0 Å². The summed E-state index contributed by atoms with van der Waals surface area (Å²) in [6, 6.07) is 0.274. The first-order valence-electron chi connectivity index (χ1n) is 6.42. The predicted octanol–water partition coefficient (Wildman–Crippen LogP) is 1.23. The molecule has 0 radical (unpaired) electrons. The van der Waals surface area contributed by atoms with Crippen LogP contribution in [0.5, 0.6) is 0 Å². The van der Waals surface area contributed by atoms with Crippen LogP contribution >= 0.6 is 0 Å². The van der Waals surface area contributed by atoms with Crippen LogP contribution in [0.1, 0.15) is 32.1 Å². The van der Waals surface area contributed by atoms with E-state index in [1.165, 1.54) is 45.2 Å². The fraction of sp³-hybridized carbons (Fsp3) is 1.00. The third-order valence-electron chi connectivity index (χ3n) is 3.69. The van der Waals surface area contributed by atoms with Gasteiger partial charge < -0.3 is 15.4 Å². The van der Waals surface area contributed by atoms with Crippen LogP contribution in [0.2, 0.25) is 0 Å². The molecule has 2 unspecified atom stereocenters. The molecule has 0 spiro atoms. The van der Waals surface area contributed by atoms with Gasteiger partial charge in [-0.3, -0.25) is 0 Å². The van der Waals surface area contributed by atoms with E-state index in [0.717, 1.165) is 19.8 Å². The molecule has 2 aliphatic heterocycles. The molecule has 2 aliphatic rings. The van der Waals surface area contributed by atoms with E-state index >= 15 is 0 Å². The maximum absolute atomic E-state index is 6.01. The molecule has 2 N–H and O–H groups in total. The Balaban J connectivity index is 1.75. The molecule has 0 amide bonds. The molecule has 2 atom stereocenters. The van der Waals surface area contributed by atoms with Gasteiger partial charge >= 0.3 is 0 Å². The average molecular weight is 212 g/mol. The molecule has 0 aromatic rings. The molecule has 3 nitrogen and oxygen atoms in total. The largest absolute Gasteiger partial charge is 0.379 e. The Morgan fingerprint density at radius 1 is 1.00 bits per heavy atom. The zero-order valence-corrected chi connectivity index (χ0v) is 9.66. The number of hydrogen-bond donors (Lipinski definition) is 1. The predicted molar refractivity (Wildman–Crippen MR) is 61.8 cm³/mol. The summed E-state index contributed by atoms with van der Waals surface area (Å²) in [5.74, 6) is 0.574. The molecule has 88 valence electrons. The van der Waals surface area contributed by atoms with Gasteiger partial charge in [0, 0.05) is 18.5 Å². The molecule has 0 aliphatic carbocycles. The Morgan fingerprint density at radius 3 is 2.27 bits per heavy atom. The Morgan fingerprint density at radius 2 is 1.67 bits per heavy atom. The molecule has 15 heavy (non-hydrogen) atoms. The van der Waals surface area contributed by atoms with Crippen LogP contribution in [-0.2, 0) is 4.74 Å². The highest BCUT2D eigenvalue weighted by atomic mass is 16.5. The lowest BCUT2D eigenvalue weighted by Gasteiger charge is -2.28. The van der Waals surface area contributed by atoms with Gasteiger partial charge in [0.25, 0.3) is 0 Å². The van der Waals surface area contributed by atoms with E-state index < -0.39 is 0 Å². The van der Waals surface area contributed by atoms with Crippen molar-refractivity contribution in [1.82, 2.24) is 4.90 Å². The van der Waals surface area contributed by atoms with Crippen molar-refractivity contribution in [2.75, 3.05) is 32.8 Å². The average Bonchev–Trinajstić information content (AvgIpc) is 2.56. The smallest absolute Gasteiger partial charge is 0.0621 e. The normalized spacial score (nSPS) is 35.0. The maximum Gasteiger partial charge on any atom is 0.0621 e. The van der Waals surface area contributed by atoms with E-state index in [2.05, 4.69) is 4.90 Å². The zero-order valence-electron chi connectivity index (χ0n) is 9.66. The highest BCUT2D eigenvalue weighted by Gasteiger charge is 2.26. The van der Waals surface area contributed by atoms with Crippen molar-refractivity contribution in [3.63, 3.8) is 0 Å². The third kappa shape index (κ3) is 3.44. The molecule has 0 saturated carbocycles. The van der Waals surface area contributed by atoms with Crippen LogP contribution in [-0.4, -0.2) is 43.8 Å². The van der Waals surface area contributed by atoms with Crippen molar-refractivity contribution in [3.05, 3.63) is 0 Å². The first-order valence-corrected chi connectivity index (χ1v) is 6.42. The van der Waals surface area contributed by atoms with Crippen molar-refractivity contribution in [2.24, 2.45) is 11.7 Å². The number of hydrogen-bond acceptors (Lipinski definition) is 3. The van der Waals surface area contributed by atoms with Crippen LogP contribution < -0.4 is 5.73 Å². The van der Waals surface area contributed by atoms with E-state index in [0.29, 0.717) is 5.92 Å². The molecule has 0 bridgehead atoms. The minimum atomic E-state index is 0.274. The van der Waals surface area contributed by atoms with Crippen molar-refractivity contribution >= 4 is 0 Å². The zero-order chi connectivity index (χ0) is 10.5. The lowest BCUT2D eigenvalue weighted by Crippen LogP contribution is -2.39. The molecule has 2 saturated heterocycles. The summed E-state index contributed by atoms with van der Waals surface area (Å²) in [5.41, 5.74) is 6.01. The Hall–Kier alpha value is -0.120. The molecular weight excluding hydrogens is 188 g/mol. The topological polar surface area (TPSA) is 38.5 Å². The Bertz CT molecular complexity index is 178. The molecule has 0 aromatic heterocycles. The summed E-state index contributed by atoms with van der Waals surface area (Å²) >= 11 is 0. The van der Waals surface area contributed by atoms with Crippen molar-refractivity contribution < 1.29 is 4.74 Å². The van der Waals surface area contributed by atoms with E-state index in [1.807, 2.05) is 0 Å². The van der Waals surface area contributed by atoms with E-state index in [1.54, 1.807) is 0 Å². The van der Waals surface area contributed by atoms with Crippen molar-refractivity contribution in [3.8, 4) is 0 Å². The molecular formula is C12H24N2O. The minimum Gasteiger partial charge on any atom is -0.379 e. The maximum atomic E-state index is 6.01. The number of likely N-dealkylation sites (tertiary alicyclic amines) is 1. The van der Waals surface area contributed by atoms with E-state index in [-0.39, 0.29) is 6.04 Å².